The molecule has 0 aliphatic carbocycles. The number of sulfonamides is 1. The first kappa shape index (κ1) is 30.2. The molecule has 1 N–H and O–H groups in total. The molecule has 0 aliphatic rings. The number of benzene rings is 3. The van der Waals surface area contributed by atoms with Crippen molar-refractivity contribution in [1.29, 1.82) is 0 Å². The van der Waals surface area contributed by atoms with Crippen LogP contribution in [-0.4, -0.2) is 44.3 Å². The second kappa shape index (κ2) is 13.1. The predicted octanol–water partition coefficient (Wildman–Crippen LogP) is 5.40. The number of likely N-dealkylation sites (N-methyl/N-ethyl adjacent to an activating group) is 1. The Kier molecular flexibility index (Phi) is 10.2. The summed E-state index contributed by atoms with van der Waals surface area (Å²) in [5.41, 5.74) is 3.61. The summed E-state index contributed by atoms with van der Waals surface area (Å²) in [7, 11) is -4.15. The van der Waals surface area contributed by atoms with E-state index in [2.05, 4.69) is 5.32 Å². The number of nitrogens with one attached hydrogen (secondary N) is 1. The van der Waals surface area contributed by atoms with Crippen LogP contribution in [0.3, 0.4) is 0 Å². The Hall–Kier alpha value is -3.36. The third-order valence-electron chi connectivity index (χ3n) is 6.57. The molecule has 3 aromatic rings. The van der Waals surface area contributed by atoms with Crippen molar-refractivity contribution < 1.29 is 18.0 Å². The standard InChI is InChI=1S/C30H36ClN3O4S/c1-6-27(30(36)32-7-2)33(19-24-11-8-10-22(4)18-24)29(35)20-34(28-13-9-12-26(31)23(28)5)39(37,38)25-16-14-21(3)15-17-25/h8-18,27H,6-7,19-20H2,1-5H3,(H,32,36). The summed E-state index contributed by atoms with van der Waals surface area (Å²) in [5, 5.41) is 3.19. The van der Waals surface area contributed by atoms with Crippen molar-refractivity contribution in [3.8, 4) is 0 Å². The lowest BCUT2D eigenvalue weighted by atomic mass is 10.1. The third kappa shape index (κ3) is 7.19. The number of halogens is 1. The Morgan fingerprint density at radius 2 is 1.59 bits per heavy atom. The molecule has 0 aromatic heterocycles. The summed E-state index contributed by atoms with van der Waals surface area (Å²) in [6, 6.07) is 18.3. The summed E-state index contributed by atoms with van der Waals surface area (Å²) in [6.45, 7) is 9.25. The van der Waals surface area contributed by atoms with Gasteiger partial charge in [0.1, 0.15) is 12.6 Å². The van der Waals surface area contributed by atoms with Crippen LogP contribution in [0.15, 0.2) is 71.6 Å². The molecular formula is C30H36ClN3O4S. The number of nitrogens with zero attached hydrogens (tertiary/aromatic N) is 2. The van der Waals surface area contributed by atoms with E-state index in [1.54, 1.807) is 37.3 Å². The van der Waals surface area contributed by atoms with E-state index in [9.17, 15) is 18.0 Å². The summed E-state index contributed by atoms with van der Waals surface area (Å²) in [4.78, 5) is 28.6. The molecule has 9 heteroatoms. The number of hydrogen-bond acceptors (Lipinski definition) is 4. The van der Waals surface area contributed by atoms with Gasteiger partial charge in [0.05, 0.1) is 10.6 Å². The highest BCUT2D eigenvalue weighted by molar-refractivity contribution is 7.92. The molecule has 7 nitrogen and oxygen atoms in total. The zero-order chi connectivity index (χ0) is 28.7. The lowest BCUT2D eigenvalue weighted by molar-refractivity contribution is -0.140. The van der Waals surface area contributed by atoms with Gasteiger partial charge in [-0.2, -0.15) is 0 Å². The van der Waals surface area contributed by atoms with Crippen LogP contribution in [0.2, 0.25) is 5.02 Å². The van der Waals surface area contributed by atoms with Gasteiger partial charge in [-0.1, -0.05) is 72.1 Å². The second-order valence-corrected chi connectivity index (χ2v) is 11.8. The fraction of sp³-hybridized carbons (Fsp3) is 0.333. The first-order chi connectivity index (χ1) is 18.5. The zero-order valence-electron chi connectivity index (χ0n) is 23.1. The average Bonchev–Trinajstić information content (AvgIpc) is 2.89. The van der Waals surface area contributed by atoms with Gasteiger partial charge < -0.3 is 10.2 Å². The Bertz CT molecular complexity index is 1420. The molecule has 0 bridgehead atoms. The summed E-state index contributed by atoms with van der Waals surface area (Å²) in [5.74, 6) is -0.780. The molecule has 0 fully saturated rings. The topological polar surface area (TPSA) is 86.8 Å². The smallest absolute Gasteiger partial charge is 0.264 e. The van der Waals surface area contributed by atoms with Crippen LogP contribution in [0, 0.1) is 20.8 Å². The van der Waals surface area contributed by atoms with E-state index in [0.717, 1.165) is 21.0 Å². The maximum atomic E-state index is 14.1. The summed E-state index contributed by atoms with van der Waals surface area (Å²) < 4.78 is 29.0. The minimum absolute atomic E-state index is 0.0567. The molecule has 0 saturated carbocycles. The molecule has 39 heavy (non-hydrogen) atoms. The van der Waals surface area contributed by atoms with Crippen molar-refractivity contribution in [1.82, 2.24) is 10.2 Å². The Morgan fingerprint density at radius 1 is 0.923 bits per heavy atom. The number of amides is 2. The van der Waals surface area contributed by atoms with E-state index in [1.807, 2.05) is 52.0 Å². The quantitative estimate of drug-likeness (QED) is 0.335. The van der Waals surface area contributed by atoms with Gasteiger partial charge in [0.15, 0.2) is 0 Å². The normalized spacial score (nSPS) is 12.1. The van der Waals surface area contributed by atoms with E-state index in [0.29, 0.717) is 29.2 Å². The fourth-order valence-corrected chi connectivity index (χ4v) is 6.08. The number of rotatable bonds is 11. The zero-order valence-corrected chi connectivity index (χ0v) is 24.6. The highest BCUT2D eigenvalue weighted by atomic mass is 35.5. The van der Waals surface area contributed by atoms with E-state index in [1.165, 1.54) is 17.0 Å². The van der Waals surface area contributed by atoms with E-state index in [4.69, 9.17) is 11.6 Å². The number of carbonyl (C=O) groups is 2. The summed E-state index contributed by atoms with van der Waals surface area (Å²) >= 11 is 6.38. The van der Waals surface area contributed by atoms with Crippen molar-refractivity contribution >= 4 is 39.1 Å². The van der Waals surface area contributed by atoms with Crippen molar-refractivity contribution in [2.24, 2.45) is 0 Å². The minimum Gasteiger partial charge on any atom is -0.355 e. The van der Waals surface area contributed by atoms with Crippen molar-refractivity contribution in [3.63, 3.8) is 0 Å². The van der Waals surface area contributed by atoms with Gasteiger partial charge in [0, 0.05) is 18.1 Å². The van der Waals surface area contributed by atoms with Gasteiger partial charge in [0.25, 0.3) is 10.0 Å². The van der Waals surface area contributed by atoms with Crippen LogP contribution < -0.4 is 9.62 Å². The van der Waals surface area contributed by atoms with Gasteiger partial charge >= 0.3 is 0 Å². The fourth-order valence-electron chi connectivity index (χ4n) is 4.44. The van der Waals surface area contributed by atoms with Crippen LogP contribution >= 0.6 is 11.6 Å². The number of aryl methyl sites for hydroxylation is 2. The molecule has 0 radical (unpaired) electrons. The van der Waals surface area contributed by atoms with E-state index in [-0.39, 0.29) is 17.3 Å². The summed E-state index contributed by atoms with van der Waals surface area (Å²) in [6.07, 6.45) is 0.365. The Morgan fingerprint density at radius 3 is 2.21 bits per heavy atom. The first-order valence-electron chi connectivity index (χ1n) is 13.0. The molecule has 1 unspecified atom stereocenters. The lowest BCUT2D eigenvalue weighted by Gasteiger charge is -2.33. The monoisotopic (exact) mass is 569 g/mol. The van der Waals surface area contributed by atoms with Gasteiger partial charge in [-0.25, -0.2) is 8.42 Å². The van der Waals surface area contributed by atoms with E-state index < -0.39 is 28.5 Å². The molecule has 0 saturated heterocycles. The Balaban J connectivity index is 2.11. The highest BCUT2D eigenvalue weighted by Gasteiger charge is 2.34. The van der Waals surface area contributed by atoms with Crippen molar-refractivity contribution in [2.45, 2.75) is 58.5 Å². The van der Waals surface area contributed by atoms with Gasteiger partial charge in [-0.05, 0) is 69.5 Å². The maximum absolute atomic E-state index is 14.1. The van der Waals surface area contributed by atoms with Crippen molar-refractivity contribution in [2.75, 3.05) is 17.4 Å². The number of hydrogen-bond donors (Lipinski definition) is 1. The molecule has 208 valence electrons. The van der Waals surface area contributed by atoms with E-state index >= 15 is 0 Å². The first-order valence-corrected chi connectivity index (χ1v) is 14.8. The second-order valence-electron chi connectivity index (χ2n) is 9.54. The van der Waals surface area contributed by atoms with Crippen LogP contribution in [0.5, 0.6) is 0 Å². The van der Waals surface area contributed by atoms with Crippen LogP contribution in [-0.2, 0) is 26.2 Å². The van der Waals surface area contributed by atoms with Gasteiger partial charge in [-0.3, -0.25) is 13.9 Å². The molecule has 2 amide bonds. The SMILES string of the molecule is CCNC(=O)C(CC)N(Cc1cccc(C)c1)C(=O)CN(c1cccc(Cl)c1C)S(=O)(=O)c1ccc(C)cc1. The molecule has 3 rings (SSSR count). The Labute approximate surface area is 236 Å². The minimum atomic E-state index is -4.15. The third-order valence-corrected chi connectivity index (χ3v) is 8.75. The van der Waals surface area contributed by atoms with Crippen LogP contribution in [0.4, 0.5) is 5.69 Å². The predicted molar refractivity (Wildman–Crippen MR) is 156 cm³/mol. The lowest BCUT2D eigenvalue weighted by Crippen LogP contribution is -2.52. The largest absolute Gasteiger partial charge is 0.355 e. The molecule has 3 aromatic carbocycles. The molecule has 0 heterocycles. The van der Waals surface area contributed by atoms with Crippen molar-refractivity contribution in [3.05, 3.63) is 94.0 Å². The van der Waals surface area contributed by atoms with Crippen LogP contribution in [0.1, 0.15) is 42.5 Å². The number of anilines is 1. The van der Waals surface area contributed by atoms with Gasteiger partial charge in [0.2, 0.25) is 11.8 Å². The highest BCUT2D eigenvalue weighted by Crippen LogP contribution is 2.31. The molecule has 1 atom stereocenters. The number of carbonyl (C=O) groups excluding carboxylic acids is 2. The van der Waals surface area contributed by atoms with Crippen LogP contribution in [0.25, 0.3) is 0 Å². The average molecular weight is 570 g/mol. The molecule has 0 aliphatic heterocycles. The van der Waals surface area contributed by atoms with Gasteiger partial charge in [-0.15, -0.1) is 0 Å². The molecular weight excluding hydrogens is 534 g/mol. The molecule has 0 spiro atoms. The maximum Gasteiger partial charge on any atom is 0.264 e.